The molecule has 0 atom stereocenters. The van der Waals surface area contributed by atoms with E-state index in [1.807, 2.05) is 6.92 Å². The third-order valence-corrected chi connectivity index (χ3v) is 2.57. The van der Waals surface area contributed by atoms with E-state index >= 15 is 0 Å². The average molecular weight is 290 g/mol. The number of aliphatic carboxylic acids is 1. The Kier molecular flexibility index (Phi) is 6.67. The predicted octanol–water partition coefficient (Wildman–Crippen LogP) is 1.04. The van der Waals surface area contributed by atoms with Crippen molar-refractivity contribution in [3.05, 3.63) is 41.5 Å². The van der Waals surface area contributed by atoms with Gasteiger partial charge in [-0.1, -0.05) is 19.1 Å². The van der Waals surface area contributed by atoms with Crippen LogP contribution in [0.25, 0.3) is 6.08 Å². The Hall–Kier alpha value is -2.63. The third kappa shape index (κ3) is 6.38. The fraction of sp³-hybridized carbons (Fsp3) is 0.267. The maximum absolute atomic E-state index is 11.8. The lowest BCUT2D eigenvalue weighted by Gasteiger charge is -2.06. The second-order valence-electron chi connectivity index (χ2n) is 4.33. The van der Waals surface area contributed by atoms with Crippen LogP contribution < -0.4 is 10.6 Å². The highest BCUT2D eigenvalue weighted by atomic mass is 16.4. The number of carboxylic acids is 1. The van der Waals surface area contributed by atoms with Gasteiger partial charge in [0.2, 0.25) is 5.91 Å². The SMILES string of the molecule is CCCNC(=O)CNC(=O)c1ccc(C=CC(=O)O)cc1. The first-order valence-corrected chi connectivity index (χ1v) is 6.59. The van der Waals surface area contributed by atoms with Crippen LogP contribution in [0, 0.1) is 0 Å². The van der Waals surface area contributed by atoms with E-state index in [0.29, 0.717) is 17.7 Å². The van der Waals surface area contributed by atoms with Crippen LogP contribution in [-0.4, -0.2) is 36.0 Å². The highest BCUT2D eigenvalue weighted by molar-refractivity contribution is 5.96. The van der Waals surface area contributed by atoms with E-state index in [4.69, 9.17) is 5.11 Å². The number of benzene rings is 1. The monoisotopic (exact) mass is 290 g/mol. The molecule has 0 fully saturated rings. The third-order valence-electron chi connectivity index (χ3n) is 2.57. The number of carbonyl (C=O) groups excluding carboxylic acids is 2. The van der Waals surface area contributed by atoms with E-state index in [1.54, 1.807) is 24.3 Å². The number of hydrogen-bond acceptors (Lipinski definition) is 3. The van der Waals surface area contributed by atoms with Crippen LogP contribution in [0.4, 0.5) is 0 Å². The molecular formula is C15H18N2O4. The molecule has 0 bridgehead atoms. The van der Waals surface area contributed by atoms with Gasteiger partial charge in [-0.2, -0.15) is 0 Å². The van der Waals surface area contributed by atoms with Crippen molar-refractivity contribution in [3.63, 3.8) is 0 Å². The highest BCUT2D eigenvalue weighted by Crippen LogP contribution is 2.06. The zero-order valence-corrected chi connectivity index (χ0v) is 11.8. The van der Waals surface area contributed by atoms with Crippen LogP contribution in [0.15, 0.2) is 30.3 Å². The second kappa shape index (κ2) is 8.52. The first-order chi connectivity index (χ1) is 10.0. The molecule has 0 aliphatic carbocycles. The van der Waals surface area contributed by atoms with Gasteiger partial charge in [0.05, 0.1) is 6.54 Å². The van der Waals surface area contributed by atoms with Gasteiger partial charge in [-0.05, 0) is 30.2 Å². The zero-order valence-electron chi connectivity index (χ0n) is 11.8. The summed E-state index contributed by atoms with van der Waals surface area (Å²) in [6, 6.07) is 6.40. The number of nitrogens with one attached hydrogen (secondary N) is 2. The summed E-state index contributed by atoms with van der Waals surface area (Å²) < 4.78 is 0. The fourth-order valence-electron chi connectivity index (χ4n) is 1.50. The first kappa shape index (κ1) is 16.4. The molecule has 1 rings (SSSR count). The lowest BCUT2D eigenvalue weighted by atomic mass is 10.1. The summed E-state index contributed by atoms with van der Waals surface area (Å²) in [6.07, 6.45) is 3.29. The molecule has 0 radical (unpaired) electrons. The molecule has 0 aliphatic rings. The van der Waals surface area contributed by atoms with Crippen LogP contribution in [0.3, 0.4) is 0 Å². The van der Waals surface area contributed by atoms with E-state index in [9.17, 15) is 14.4 Å². The summed E-state index contributed by atoms with van der Waals surface area (Å²) in [5.41, 5.74) is 1.08. The standard InChI is InChI=1S/C15H18N2O4/c1-2-9-16-13(18)10-17-15(21)12-6-3-11(4-7-12)5-8-14(19)20/h3-8H,2,9-10H2,1H3,(H,16,18)(H,17,21)(H,19,20). The highest BCUT2D eigenvalue weighted by Gasteiger charge is 2.07. The Morgan fingerprint density at radius 2 is 1.81 bits per heavy atom. The lowest BCUT2D eigenvalue weighted by molar-refractivity contribution is -0.131. The van der Waals surface area contributed by atoms with Crippen molar-refractivity contribution in [3.8, 4) is 0 Å². The minimum atomic E-state index is -1.03. The molecule has 0 spiro atoms. The maximum atomic E-state index is 11.8. The van der Waals surface area contributed by atoms with E-state index < -0.39 is 5.97 Å². The summed E-state index contributed by atoms with van der Waals surface area (Å²) in [4.78, 5) is 33.5. The molecule has 0 saturated carbocycles. The minimum Gasteiger partial charge on any atom is -0.478 e. The topological polar surface area (TPSA) is 95.5 Å². The molecule has 0 unspecified atom stereocenters. The summed E-state index contributed by atoms with van der Waals surface area (Å²) in [5.74, 6) is -1.61. The zero-order chi connectivity index (χ0) is 15.7. The molecular weight excluding hydrogens is 272 g/mol. The Labute approximate surface area is 122 Å². The van der Waals surface area contributed by atoms with Crippen molar-refractivity contribution in [2.24, 2.45) is 0 Å². The van der Waals surface area contributed by atoms with Gasteiger partial charge in [-0.3, -0.25) is 9.59 Å². The summed E-state index contributed by atoms with van der Waals surface area (Å²) >= 11 is 0. The van der Waals surface area contributed by atoms with E-state index in [2.05, 4.69) is 10.6 Å². The van der Waals surface area contributed by atoms with Gasteiger partial charge in [0.25, 0.3) is 5.91 Å². The van der Waals surface area contributed by atoms with Gasteiger partial charge >= 0.3 is 5.97 Å². The molecule has 112 valence electrons. The number of rotatable bonds is 7. The molecule has 3 N–H and O–H groups in total. The lowest BCUT2D eigenvalue weighted by Crippen LogP contribution is -2.37. The van der Waals surface area contributed by atoms with Crippen LogP contribution in [0.2, 0.25) is 0 Å². The van der Waals surface area contributed by atoms with Crippen LogP contribution in [0.5, 0.6) is 0 Å². The van der Waals surface area contributed by atoms with Crippen molar-refractivity contribution in [1.82, 2.24) is 10.6 Å². The van der Waals surface area contributed by atoms with Gasteiger partial charge in [0, 0.05) is 18.2 Å². The maximum Gasteiger partial charge on any atom is 0.328 e. The van der Waals surface area contributed by atoms with E-state index in [1.165, 1.54) is 6.08 Å². The van der Waals surface area contributed by atoms with Crippen molar-refractivity contribution in [2.75, 3.05) is 13.1 Å². The van der Waals surface area contributed by atoms with Crippen LogP contribution in [-0.2, 0) is 9.59 Å². The number of hydrogen-bond donors (Lipinski definition) is 3. The minimum absolute atomic E-state index is 0.0699. The van der Waals surface area contributed by atoms with Crippen LogP contribution >= 0.6 is 0 Å². The summed E-state index contributed by atoms with van der Waals surface area (Å²) in [7, 11) is 0. The van der Waals surface area contributed by atoms with E-state index in [-0.39, 0.29) is 18.4 Å². The average Bonchev–Trinajstić information content (AvgIpc) is 2.49. The van der Waals surface area contributed by atoms with Gasteiger partial charge < -0.3 is 15.7 Å². The molecule has 0 saturated heterocycles. The Morgan fingerprint density at radius 3 is 2.38 bits per heavy atom. The van der Waals surface area contributed by atoms with Gasteiger partial charge in [0.15, 0.2) is 0 Å². The fourth-order valence-corrected chi connectivity index (χ4v) is 1.50. The first-order valence-electron chi connectivity index (χ1n) is 6.59. The normalized spacial score (nSPS) is 10.3. The summed E-state index contributed by atoms with van der Waals surface area (Å²) in [6.45, 7) is 2.46. The largest absolute Gasteiger partial charge is 0.478 e. The van der Waals surface area contributed by atoms with Crippen molar-refractivity contribution in [1.29, 1.82) is 0 Å². The van der Waals surface area contributed by atoms with Gasteiger partial charge in [0.1, 0.15) is 0 Å². The predicted molar refractivity (Wildman–Crippen MR) is 78.7 cm³/mol. The Morgan fingerprint density at radius 1 is 1.14 bits per heavy atom. The molecule has 6 heteroatoms. The number of amides is 2. The van der Waals surface area contributed by atoms with Crippen LogP contribution in [0.1, 0.15) is 29.3 Å². The van der Waals surface area contributed by atoms with Crippen molar-refractivity contribution in [2.45, 2.75) is 13.3 Å². The Balaban J connectivity index is 2.51. The molecule has 21 heavy (non-hydrogen) atoms. The Bertz CT molecular complexity index is 535. The second-order valence-corrected chi connectivity index (χ2v) is 4.33. The smallest absolute Gasteiger partial charge is 0.328 e. The molecule has 0 aromatic heterocycles. The molecule has 0 aliphatic heterocycles. The van der Waals surface area contributed by atoms with Crippen molar-refractivity contribution < 1.29 is 19.5 Å². The number of carboxylic acid groups (broad SMARTS) is 1. The van der Waals surface area contributed by atoms with Gasteiger partial charge in [-0.15, -0.1) is 0 Å². The number of carbonyl (C=O) groups is 3. The van der Waals surface area contributed by atoms with E-state index in [0.717, 1.165) is 12.5 Å². The summed E-state index contributed by atoms with van der Waals surface area (Å²) in [5, 5.41) is 13.7. The molecule has 2 amide bonds. The molecule has 1 aromatic rings. The van der Waals surface area contributed by atoms with Gasteiger partial charge in [-0.25, -0.2) is 4.79 Å². The molecule has 1 aromatic carbocycles. The van der Waals surface area contributed by atoms with Crippen molar-refractivity contribution >= 4 is 23.9 Å². The quantitative estimate of drug-likeness (QED) is 0.654. The molecule has 6 nitrogen and oxygen atoms in total. The molecule has 0 heterocycles.